The lowest BCUT2D eigenvalue weighted by molar-refractivity contribution is 0.607. The quantitative estimate of drug-likeness (QED) is 0.715. The van der Waals surface area contributed by atoms with Crippen LogP contribution in [0.15, 0.2) is 48.8 Å². The molecule has 0 aliphatic heterocycles. The lowest BCUT2D eigenvalue weighted by Gasteiger charge is -2.10. The minimum Gasteiger partial charge on any atom is -0.340 e. The van der Waals surface area contributed by atoms with Crippen molar-refractivity contribution in [1.29, 1.82) is 0 Å². The molecular weight excluding hydrogens is 324 g/mol. The first-order valence-corrected chi connectivity index (χ1v) is 8.90. The van der Waals surface area contributed by atoms with Gasteiger partial charge in [-0.1, -0.05) is 12.0 Å². The molecule has 1 heterocycles. The van der Waals surface area contributed by atoms with Crippen LogP contribution in [0.4, 0.5) is 17.2 Å². The molecule has 0 atom stereocenters. The van der Waals surface area contributed by atoms with Gasteiger partial charge in [0.2, 0.25) is 10.0 Å². The van der Waals surface area contributed by atoms with Gasteiger partial charge in [0.1, 0.15) is 12.1 Å². The summed E-state index contributed by atoms with van der Waals surface area (Å²) in [6.07, 6.45) is 7.96. The van der Waals surface area contributed by atoms with E-state index in [1.54, 1.807) is 18.2 Å². The van der Waals surface area contributed by atoms with E-state index in [2.05, 4.69) is 25.9 Å². The standard InChI is InChI=1S/C17H14N4O2S/c1-3-12-5-4-6-13(9-12)20-17-15-10-14(21-24(2,22)23)7-8-16(15)18-11-19-17/h1,4-11,21H,2H3,(H,18,19,20). The molecule has 0 aliphatic rings. The number of terminal acetylenes is 1. The van der Waals surface area contributed by atoms with Crippen molar-refractivity contribution in [2.45, 2.75) is 0 Å². The van der Waals surface area contributed by atoms with E-state index in [4.69, 9.17) is 6.42 Å². The molecule has 2 aromatic carbocycles. The van der Waals surface area contributed by atoms with Crippen LogP contribution < -0.4 is 10.0 Å². The van der Waals surface area contributed by atoms with Gasteiger partial charge in [0, 0.05) is 22.3 Å². The molecule has 7 heteroatoms. The van der Waals surface area contributed by atoms with Gasteiger partial charge in [-0.15, -0.1) is 6.42 Å². The van der Waals surface area contributed by atoms with Crippen molar-refractivity contribution in [2.75, 3.05) is 16.3 Å². The predicted molar refractivity (Wildman–Crippen MR) is 95.7 cm³/mol. The number of rotatable bonds is 4. The second-order valence-electron chi connectivity index (χ2n) is 5.18. The fraction of sp³-hybridized carbons (Fsp3) is 0.0588. The maximum atomic E-state index is 11.4. The molecule has 0 amide bonds. The van der Waals surface area contributed by atoms with Crippen LogP contribution in [-0.4, -0.2) is 24.6 Å². The van der Waals surface area contributed by atoms with E-state index >= 15 is 0 Å². The molecule has 0 spiro atoms. The van der Waals surface area contributed by atoms with Gasteiger partial charge in [-0.25, -0.2) is 18.4 Å². The number of nitrogens with zero attached hydrogens (tertiary/aromatic N) is 2. The maximum absolute atomic E-state index is 11.4. The Morgan fingerprint density at radius 2 is 1.92 bits per heavy atom. The Balaban J connectivity index is 2.03. The molecule has 6 nitrogen and oxygen atoms in total. The van der Waals surface area contributed by atoms with Crippen LogP contribution in [0.3, 0.4) is 0 Å². The molecule has 1 aromatic heterocycles. The van der Waals surface area contributed by atoms with Crippen LogP contribution in [0.2, 0.25) is 0 Å². The highest BCUT2D eigenvalue weighted by molar-refractivity contribution is 7.92. The van der Waals surface area contributed by atoms with Crippen LogP contribution in [-0.2, 0) is 10.0 Å². The Hall–Kier alpha value is -3.11. The van der Waals surface area contributed by atoms with Gasteiger partial charge in [-0.05, 0) is 36.4 Å². The lowest BCUT2D eigenvalue weighted by atomic mass is 10.2. The maximum Gasteiger partial charge on any atom is 0.229 e. The SMILES string of the molecule is C#Cc1cccc(Nc2ncnc3ccc(NS(C)(=O)=O)cc23)c1. The summed E-state index contributed by atoms with van der Waals surface area (Å²) in [5.41, 5.74) is 2.67. The van der Waals surface area contributed by atoms with Gasteiger partial charge in [0.05, 0.1) is 11.8 Å². The number of sulfonamides is 1. The number of hydrogen-bond donors (Lipinski definition) is 2. The molecule has 2 N–H and O–H groups in total. The summed E-state index contributed by atoms with van der Waals surface area (Å²) in [6, 6.07) is 12.4. The third kappa shape index (κ3) is 3.62. The molecule has 0 aliphatic carbocycles. The van der Waals surface area contributed by atoms with Crippen LogP contribution in [0.1, 0.15) is 5.56 Å². The summed E-state index contributed by atoms with van der Waals surface area (Å²) in [7, 11) is -3.36. The molecule has 120 valence electrons. The molecular formula is C17H14N4O2S. The Labute approximate surface area is 140 Å². The third-order valence-electron chi connectivity index (χ3n) is 3.23. The smallest absolute Gasteiger partial charge is 0.229 e. The van der Waals surface area contributed by atoms with Crippen LogP contribution in [0.5, 0.6) is 0 Å². The van der Waals surface area contributed by atoms with Gasteiger partial charge in [0.15, 0.2) is 0 Å². The first-order valence-electron chi connectivity index (χ1n) is 7.01. The number of benzene rings is 2. The topological polar surface area (TPSA) is 84.0 Å². The number of fused-ring (bicyclic) bond motifs is 1. The van der Waals surface area contributed by atoms with E-state index in [1.165, 1.54) is 6.33 Å². The molecule has 0 saturated heterocycles. The highest BCUT2D eigenvalue weighted by Gasteiger charge is 2.08. The second kappa shape index (κ2) is 6.18. The molecule has 0 unspecified atom stereocenters. The van der Waals surface area contributed by atoms with Crippen molar-refractivity contribution in [1.82, 2.24) is 9.97 Å². The van der Waals surface area contributed by atoms with Crippen molar-refractivity contribution in [2.24, 2.45) is 0 Å². The molecule has 24 heavy (non-hydrogen) atoms. The highest BCUT2D eigenvalue weighted by Crippen LogP contribution is 2.26. The van der Waals surface area contributed by atoms with Crippen molar-refractivity contribution in [3.8, 4) is 12.3 Å². The zero-order chi connectivity index (χ0) is 17.2. The van der Waals surface area contributed by atoms with Crippen molar-refractivity contribution in [3.63, 3.8) is 0 Å². The lowest BCUT2D eigenvalue weighted by Crippen LogP contribution is -2.09. The average molecular weight is 338 g/mol. The van der Waals surface area contributed by atoms with E-state index in [0.717, 1.165) is 17.5 Å². The van der Waals surface area contributed by atoms with E-state index in [1.807, 2.05) is 24.3 Å². The summed E-state index contributed by atoms with van der Waals surface area (Å²) in [5.74, 6) is 3.14. The van der Waals surface area contributed by atoms with Gasteiger partial charge in [-0.2, -0.15) is 0 Å². The fourth-order valence-corrected chi connectivity index (χ4v) is 2.81. The van der Waals surface area contributed by atoms with Crippen LogP contribution in [0.25, 0.3) is 10.9 Å². The minimum atomic E-state index is -3.36. The Kier molecular flexibility index (Phi) is 4.06. The average Bonchev–Trinajstić information content (AvgIpc) is 2.54. The fourth-order valence-electron chi connectivity index (χ4n) is 2.26. The predicted octanol–water partition coefficient (Wildman–Crippen LogP) is 2.73. The summed E-state index contributed by atoms with van der Waals surface area (Å²) < 4.78 is 25.3. The summed E-state index contributed by atoms with van der Waals surface area (Å²) in [6.45, 7) is 0. The second-order valence-corrected chi connectivity index (χ2v) is 6.93. The summed E-state index contributed by atoms with van der Waals surface area (Å²) in [5, 5.41) is 3.88. The monoisotopic (exact) mass is 338 g/mol. The molecule has 0 fully saturated rings. The summed E-state index contributed by atoms with van der Waals surface area (Å²) in [4.78, 5) is 8.44. The molecule has 0 bridgehead atoms. The zero-order valence-corrected chi connectivity index (χ0v) is 13.6. The largest absolute Gasteiger partial charge is 0.340 e. The first-order chi connectivity index (χ1) is 11.4. The van der Waals surface area contributed by atoms with E-state index in [9.17, 15) is 8.42 Å². The first kappa shape index (κ1) is 15.8. The van der Waals surface area contributed by atoms with Crippen LogP contribution >= 0.6 is 0 Å². The molecule has 0 saturated carbocycles. The number of anilines is 3. The number of hydrogen-bond acceptors (Lipinski definition) is 5. The molecule has 3 aromatic rings. The van der Waals surface area contributed by atoms with Gasteiger partial charge in [0.25, 0.3) is 0 Å². The van der Waals surface area contributed by atoms with Crippen LogP contribution in [0, 0.1) is 12.3 Å². The van der Waals surface area contributed by atoms with E-state index in [0.29, 0.717) is 22.4 Å². The van der Waals surface area contributed by atoms with Crippen molar-refractivity contribution >= 4 is 38.1 Å². The molecule has 3 rings (SSSR count). The summed E-state index contributed by atoms with van der Waals surface area (Å²) >= 11 is 0. The Morgan fingerprint density at radius 1 is 1.08 bits per heavy atom. The van der Waals surface area contributed by atoms with E-state index < -0.39 is 10.0 Å². The molecule has 0 radical (unpaired) electrons. The van der Waals surface area contributed by atoms with Gasteiger partial charge < -0.3 is 5.32 Å². The Bertz CT molecular complexity index is 1060. The minimum absolute atomic E-state index is 0.445. The Morgan fingerprint density at radius 3 is 2.67 bits per heavy atom. The number of aromatic nitrogens is 2. The zero-order valence-electron chi connectivity index (χ0n) is 12.8. The van der Waals surface area contributed by atoms with E-state index in [-0.39, 0.29) is 0 Å². The normalized spacial score (nSPS) is 11.0. The highest BCUT2D eigenvalue weighted by atomic mass is 32.2. The van der Waals surface area contributed by atoms with Gasteiger partial charge in [-0.3, -0.25) is 4.72 Å². The number of nitrogens with one attached hydrogen (secondary N) is 2. The van der Waals surface area contributed by atoms with Crippen molar-refractivity contribution < 1.29 is 8.42 Å². The van der Waals surface area contributed by atoms with Crippen molar-refractivity contribution in [3.05, 3.63) is 54.4 Å². The third-order valence-corrected chi connectivity index (χ3v) is 3.84. The van der Waals surface area contributed by atoms with Gasteiger partial charge >= 0.3 is 0 Å².